The van der Waals surface area contributed by atoms with Crippen LogP contribution in [0.25, 0.3) is 184 Å². The number of pyridine rings is 2. The largest absolute Gasteiger partial charge is 0.256 e. The Balaban J connectivity index is 1.12. The van der Waals surface area contributed by atoms with Gasteiger partial charge in [-0.1, -0.05) is 164 Å². The predicted octanol–water partition coefficient (Wildman–Crippen LogP) is 18.9. The van der Waals surface area contributed by atoms with E-state index in [1.165, 1.54) is 157 Å². The van der Waals surface area contributed by atoms with Gasteiger partial charge in [0.15, 0.2) is 0 Å². The molecule has 0 aliphatic heterocycles. The fourth-order valence-corrected chi connectivity index (χ4v) is 14.0. The Morgan fingerprint density at radius 1 is 0.214 bits per heavy atom. The van der Waals surface area contributed by atoms with Gasteiger partial charge in [0.25, 0.3) is 0 Å². The maximum absolute atomic E-state index is 5.20. The van der Waals surface area contributed by atoms with Gasteiger partial charge < -0.3 is 0 Å². The summed E-state index contributed by atoms with van der Waals surface area (Å²) in [6.45, 7) is 0. The number of aromatic nitrogens is 2. The Morgan fingerprint density at radius 2 is 0.586 bits per heavy atom. The maximum Gasteiger partial charge on any atom is 0.0780 e. The first-order valence-corrected chi connectivity index (χ1v) is 24.4. The van der Waals surface area contributed by atoms with Gasteiger partial charge in [-0.2, -0.15) is 0 Å². The van der Waals surface area contributed by atoms with Crippen molar-refractivity contribution in [1.29, 1.82) is 0 Å². The van der Waals surface area contributed by atoms with Crippen molar-refractivity contribution in [2.24, 2.45) is 0 Å². The molecule has 0 spiro atoms. The molecule has 0 bridgehead atoms. The smallest absolute Gasteiger partial charge is 0.0780 e. The summed E-state index contributed by atoms with van der Waals surface area (Å²) in [4.78, 5) is 10.2. The number of hydrogen-bond donors (Lipinski definition) is 0. The first-order chi connectivity index (χ1) is 34.8. The molecule has 0 amide bonds. The molecule has 2 heteroatoms. The second kappa shape index (κ2) is 12.4. The van der Waals surface area contributed by atoms with E-state index in [1.807, 2.05) is 12.4 Å². The van der Waals surface area contributed by atoms with Crippen LogP contribution in [-0.4, -0.2) is 9.97 Å². The van der Waals surface area contributed by atoms with Crippen molar-refractivity contribution in [3.8, 4) is 22.3 Å². The van der Waals surface area contributed by atoms with E-state index in [9.17, 15) is 0 Å². The minimum absolute atomic E-state index is 0.991. The SMILES string of the molecule is c1cnc2c(-c3c4cc5c(cc4c(-c4cccc6ncccc46)c4c6ccc7c8cccc9cccc(c%10ccc(c34)c6c7%10)c98)c3ccc4c6cccc7cccc(c8ccc5c3c48)c76)cccc2c1. The number of nitrogens with zero attached hydrogens (tertiary/aromatic N) is 2. The summed E-state index contributed by atoms with van der Waals surface area (Å²) in [6, 6.07) is 73.7. The minimum Gasteiger partial charge on any atom is -0.256 e. The van der Waals surface area contributed by atoms with Crippen LogP contribution in [0.15, 0.2) is 207 Å². The van der Waals surface area contributed by atoms with E-state index in [4.69, 9.17) is 9.97 Å². The zero-order chi connectivity index (χ0) is 45.1. The lowest BCUT2D eigenvalue weighted by atomic mass is 9.84. The Labute approximate surface area is 398 Å². The van der Waals surface area contributed by atoms with Crippen molar-refractivity contribution < 1.29 is 0 Å². The first-order valence-electron chi connectivity index (χ1n) is 24.4. The van der Waals surface area contributed by atoms with E-state index in [0.717, 1.165) is 27.4 Å². The van der Waals surface area contributed by atoms with Gasteiger partial charge in [0.2, 0.25) is 0 Å². The third-order valence-corrected chi connectivity index (χ3v) is 16.7. The zero-order valence-electron chi connectivity index (χ0n) is 37.5. The highest BCUT2D eigenvalue weighted by Gasteiger charge is 2.29. The topological polar surface area (TPSA) is 25.8 Å². The van der Waals surface area contributed by atoms with Crippen molar-refractivity contribution >= 4 is 162 Å². The monoisotopic (exact) mass is 878 g/mol. The molecule has 2 nitrogen and oxygen atoms in total. The molecular weight excluding hydrogens is 845 g/mol. The number of benzene rings is 14. The molecule has 0 atom stereocenters. The molecule has 0 saturated heterocycles. The van der Waals surface area contributed by atoms with Crippen molar-refractivity contribution in [1.82, 2.24) is 9.97 Å². The van der Waals surface area contributed by atoms with Gasteiger partial charge in [-0.05, 0) is 182 Å². The molecule has 0 N–H and O–H groups in total. The van der Waals surface area contributed by atoms with Gasteiger partial charge in [0.05, 0.1) is 11.0 Å². The van der Waals surface area contributed by atoms with Gasteiger partial charge in [-0.15, -0.1) is 0 Å². The van der Waals surface area contributed by atoms with Crippen molar-refractivity contribution in [2.45, 2.75) is 0 Å². The standard InChI is InChI=1S/C68H34N2/c1-9-35-10-2-16-41-45-24-26-49-54-34-56-55(33-53(54)48-25-23-44(60(45)62(48)49)40(15-1)58(35)41)63(39-19-6-22-57-38(39)21-8-31-69-57)66-50-29-27-46-42-17-3-11-36-12-4-18-43(59(36)42)47-28-30-51(64(50)61(46)47)67(66)65(56)52-20-5-13-37-14-7-32-70-68(37)52/h1-34H. The maximum atomic E-state index is 5.20. The zero-order valence-corrected chi connectivity index (χ0v) is 37.5. The quantitative estimate of drug-likeness (QED) is 0.128. The molecule has 0 unspecified atom stereocenters. The van der Waals surface area contributed by atoms with E-state index >= 15 is 0 Å². The highest BCUT2D eigenvalue weighted by atomic mass is 14.7. The average molecular weight is 879 g/mol. The number of fused-ring (bicyclic) bond motifs is 13. The van der Waals surface area contributed by atoms with Crippen molar-refractivity contribution in [3.05, 3.63) is 207 Å². The summed E-state index contributed by atoms with van der Waals surface area (Å²) in [6.07, 6.45) is 3.87. The third kappa shape index (κ3) is 4.17. The van der Waals surface area contributed by atoms with Gasteiger partial charge in [0, 0.05) is 34.3 Å². The number of hydrogen-bond acceptors (Lipinski definition) is 2. The molecule has 70 heavy (non-hydrogen) atoms. The van der Waals surface area contributed by atoms with Gasteiger partial charge in [-0.25, -0.2) is 0 Å². The molecule has 0 radical (unpaired) electrons. The van der Waals surface area contributed by atoms with Crippen LogP contribution >= 0.6 is 0 Å². The van der Waals surface area contributed by atoms with E-state index in [1.54, 1.807) is 0 Å². The summed E-state index contributed by atoms with van der Waals surface area (Å²) >= 11 is 0. The van der Waals surface area contributed by atoms with Gasteiger partial charge >= 0.3 is 0 Å². The fraction of sp³-hybridized carbons (Fsp3) is 0. The first kappa shape index (κ1) is 35.9. The lowest BCUT2D eigenvalue weighted by Gasteiger charge is -2.19. The Bertz CT molecular complexity index is 5030. The average Bonchev–Trinajstić information content (AvgIpc) is 3.92. The van der Waals surface area contributed by atoms with Crippen LogP contribution in [0.3, 0.4) is 0 Å². The molecule has 0 saturated carbocycles. The highest BCUT2D eigenvalue weighted by molar-refractivity contribution is 6.48. The Kier molecular flexibility index (Phi) is 6.38. The van der Waals surface area contributed by atoms with Crippen LogP contribution in [0.5, 0.6) is 0 Å². The molecule has 0 aliphatic rings. The Hall–Kier alpha value is -9.24. The normalized spacial score (nSPS) is 12.9. The summed E-state index contributed by atoms with van der Waals surface area (Å²) in [5.74, 6) is 0. The van der Waals surface area contributed by atoms with E-state index < -0.39 is 0 Å². The van der Waals surface area contributed by atoms with Crippen molar-refractivity contribution in [2.75, 3.05) is 0 Å². The molecule has 18 aromatic rings. The minimum atomic E-state index is 0.991. The summed E-state index contributed by atoms with van der Waals surface area (Å²) < 4.78 is 0. The predicted molar refractivity (Wildman–Crippen MR) is 300 cm³/mol. The van der Waals surface area contributed by atoms with E-state index in [2.05, 4.69) is 194 Å². The van der Waals surface area contributed by atoms with Crippen LogP contribution in [0.2, 0.25) is 0 Å². The molecular formula is C68H34N2. The Morgan fingerprint density at radius 3 is 1.14 bits per heavy atom. The van der Waals surface area contributed by atoms with Crippen LogP contribution < -0.4 is 0 Å². The summed E-state index contributed by atoms with van der Waals surface area (Å²) in [5, 5.41) is 36.1. The van der Waals surface area contributed by atoms with Crippen LogP contribution in [0.1, 0.15) is 0 Å². The van der Waals surface area contributed by atoms with E-state index in [0.29, 0.717) is 0 Å². The molecule has 2 heterocycles. The number of para-hydroxylation sites is 1. The van der Waals surface area contributed by atoms with Crippen LogP contribution in [-0.2, 0) is 0 Å². The molecule has 0 aliphatic carbocycles. The van der Waals surface area contributed by atoms with Gasteiger partial charge in [0.1, 0.15) is 0 Å². The summed E-state index contributed by atoms with van der Waals surface area (Å²) in [5.41, 5.74) is 6.83. The molecule has 18 rings (SSSR count). The highest BCUT2D eigenvalue weighted by Crippen LogP contribution is 2.57. The molecule has 16 aromatic carbocycles. The van der Waals surface area contributed by atoms with Crippen LogP contribution in [0, 0.1) is 0 Å². The summed E-state index contributed by atoms with van der Waals surface area (Å²) in [7, 11) is 0. The third-order valence-electron chi connectivity index (χ3n) is 16.7. The molecule has 2 aromatic heterocycles. The van der Waals surface area contributed by atoms with Gasteiger partial charge in [-0.3, -0.25) is 9.97 Å². The second-order valence-corrected chi connectivity index (χ2v) is 19.8. The number of rotatable bonds is 2. The fourth-order valence-electron chi connectivity index (χ4n) is 14.0. The molecule has 0 fully saturated rings. The lowest BCUT2D eigenvalue weighted by Crippen LogP contribution is -1.92. The lowest BCUT2D eigenvalue weighted by molar-refractivity contribution is 1.41. The van der Waals surface area contributed by atoms with Crippen LogP contribution in [0.4, 0.5) is 0 Å². The molecule has 316 valence electrons. The second-order valence-electron chi connectivity index (χ2n) is 19.8. The van der Waals surface area contributed by atoms with Crippen molar-refractivity contribution in [3.63, 3.8) is 0 Å². The van der Waals surface area contributed by atoms with E-state index in [-0.39, 0.29) is 0 Å².